The van der Waals surface area contributed by atoms with Crippen molar-refractivity contribution in [3.05, 3.63) is 66.2 Å². The summed E-state index contributed by atoms with van der Waals surface area (Å²) in [5, 5.41) is 1.69. The molecule has 1 aliphatic rings. The Labute approximate surface area is 160 Å². The predicted octanol–water partition coefficient (Wildman–Crippen LogP) is 2.96. The molecule has 0 amide bonds. The first-order chi connectivity index (χ1) is 12.9. The third-order valence-corrected chi connectivity index (χ3v) is 5.62. The minimum absolute atomic E-state index is 0.228. The number of aliphatic imine (C=N–C) groups is 1. The molecule has 2 aromatic rings. The van der Waals surface area contributed by atoms with Crippen LogP contribution in [0.25, 0.3) is 0 Å². The van der Waals surface area contributed by atoms with E-state index in [0.717, 1.165) is 17.7 Å². The largest absolute Gasteiger partial charge is 0.378 e. The zero-order valence-electron chi connectivity index (χ0n) is 15.5. The number of hydrogen-bond acceptors (Lipinski definition) is 5. The van der Waals surface area contributed by atoms with Crippen LogP contribution in [-0.4, -0.2) is 46.8 Å². The molecule has 1 aliphatic heterocycles. The highest BCUT2D eigenvalue weighted by atomic mass is 32.2. The summed E-state index contributed by atoms with van der Waals surface area (Å²) in [5.41, 5.74) is 2.81. The molecule has 27 heavy (non-hydrogen) atoms. The topological polar surface area (TPSA) is 65.0 Å². The Hall–Kier alpha value is -2.48. The summed E-state index contributed by atoms with van der Waals surface area (Å²) in [6, 6.07) is 14.6. The monoisotopic (exact) mass is 384 g/mol. The second kappa shape index (κ2) is 8.47. The van der Waals surface area contributed by atoms with Crippen LogP contribution in [0.2, 0.25) is 0 Å². The fraction of sp³-hybridized carbons (Fsp3) is 0.250. The molecule has 2 aromatic carbocycles. The molecule has 1 heterocycles. The Morgan fingerprint density at radius 1 is 1.04 bits per heavy atom. The third kappa shape index (κ3) is 5.26. The van der Waals surface area contributed by atoms with Gasteiger partial charge in [-0.15, -0.1) is 4.83 Å². The van der Waals surface area contributed by atoms with E-state index in [1.165, 1.54) is 0 Å². The maximum Gasteiger partial charge on any atom is 0.253 e. The molecule has 142 valence electrons. The van der Waals surface area contributed by atoms with Crippen molar-refractivity contribution < 1.29 is 8.42 Å². The number of benzene rings is 2. The number of rotatable bonds is 6. The van der Waals surface area contributed by atoms with Gasteiger partial charge in [-0.3, -0.25) is 4.99 Å². The Morgan fingerprint density at radius 3 is 2.33 bits per heavy atom. The van der Waals surface area contributed by atoms with E-state index in [4.69, 9.17) is 0 Å². The van der Waals surface area contributed by atoms with E-state index in [1.807, 2.05) is 55.4 Å². The first-order valence-corrected chi connectivity index (χ1v) is 10.3. The lowest BCUT2D eigenvalue weighted by Crippen LogP contribution is -2.43. The first kappa shape index (κ1) is 19.3. The molecule has 0 bridgehead atoms. The number of anilines is 1. The van der Waals surface area contributed by atoms with Crippen molar-refractivity contribution in [2.45, 2.75) is 11.3 Å². The van der Waals surface area contributed by atoms with E-state index in [0.29, 0.717) is 18.8 Å². The van der Waals surface area contributed by atoms with E-state index in [1.54, 1.807) is 35.5 Å². The zero-order valence-corrected chi connectivity index (χ0v) is 16.4. The van der Waals surface area contributed by atoms with Gasteiger partial charge in [0.1, 0.15) is 0 Å². The van der Waals surface area contributed by atoms with Gasteiger partial charge in [0, 0.05) is 39.1 Å². The number of hydrazine groups is 1. The minimum atomic E-state index is -3.57. The summed E-state index contributed by atoms with van der Waals surface area (Å²) in [5.74, 6) is 0. The van der Waals surface area contributed by atoms with Crippen LogP contribution in [0.5, 0.6) is 0 Å². The van der Waals surface area contributed by atoms with Crippen molar-refractivity contribution in [2.75, 3.05) is 32.1 Å². The van der Waals surface area contributed by atoms with Gasteiger partial charge < -0.3 is 4.90 Å². The molecule has 3 rings (SSSR count). The van der Waals surface area contributed by atoms with Gasteiger partial charge in [0.05, 0.1) is 10.6 Å². The van der Waals surface area contributed by atoms with Gasteiger partial charge >= 0.3 is 0 Å². The van der Waals surface area contributed by atoms with E-state index in [9.17, 15) is 8.42 Å². The summed E-state index contributed by atoms with van der Waals surface area (Å²) >= 11 is 0. The molecule has 0 spiro atoms. The normalized spacial score (nSPS) is 15.3. The van der Waals surface area contributed by atoms with Gasteiger partial charge in [0.2, 0.25) is 0 Å². The van der Waals surface area contributed by atoms with Crippen molar-refractivity contribution in [1.82, 2.24) is 9.84 Å². The van der Waals surface area contributed by atoms with Crippen LogP contribution < -0.4 is 9.73 Å². The number of sulfonamides is 1. The Morgan fingerprint density at radius 2 is 1.74 bits per heavy atom. The Kier molecular flexibility index (Phi) is 6.05. The molecule has 0 unspecified atom stereocenters. The van der Waals surface area contributed by atoms with Gasteiger partial charge in [-0.2, -0.15) is 0 Å². The summed E-state index contributed by atoms with van der Waals surface area (Å²) in [6.45, 7) is 1.25. The maximum atomic E-state index is 12.5. The van der Waals surface area contributed by atoms with Crippen molar-refractivity contribution >= 4 is 27.6 Å². The third-order valence-electron chi connectivity index (χ3n) is 4.23. The molecule has 0 radical (unpaired) electrons. The molecule has 6 nitrogen and oxygen atoms in total. The highest BCUT2D eigenvalue weighted by Gasteiger charge is 2.18. The highest BCUT2D eigenvalue weighted by Crippen LogP contribution is 2.18. The summed E-state index contributed by atoms with van der Waals surface area (Å²) in [6.07, 6.45) is 6.60. The standard InChI is InChI=1S/C20H24N4O2S/c1-23(2)19-10-6-17(7-11-19)16-21-18-8-12-20(13-9-18)27(25,26)22-24-14-4-3-5-15-24/h3-4,6-13,16,22H,5,14-15H2,1-2H3. The van der Waals surface area contributed by atoms with E-state index in [2.05, 4.69) is 9.82 Å². The van der Waals surface area contributed by atoms with Gasteiger partial charge in [-0.25, -0.2) is 13.4 Å². The fourth-order valence-corrected chi connectivity index (χ4v) is 3.77. The smallest absolute Gasteiger partial charge is 0.253 e. The second-order valence-corrected chi connectivity index (χ2v) is 8.20. The van der Waals surface area contributed by atoms with Crippen molar-refractivity contribution in [3.63, 3.8) is 0 Å². The molecule has 0 aromatic heterocycles. The molecular formula is C20H24N4O2S. The van der Waals surface area contributed by atoms with Crippen LogP contribution in [0.4, 0.5) is 11.4 Å². The van der Waals surface area contributed by atoms with Crippen molar-refractivity contribution in [1.29, 1.82) is 0 Å². The van der Waals surface area contributed by atoms with Crippen molar-refractivity contribution in [3.8, 4) is 0 Å². The van der Waals surface area contributed by atoms with Crippen LogP contribution >= 0.6 is 0 Å². The minimum Gasteiger partial charge on any atom is -0.378 e. The first-order valence-electron chi connectivity index (χ1n) is 8.78. The number of nitrogens with one attached hydrogen (secondary N) is 1. The van der Waals surface area contributed by atoms with Crippen LogP contribution in [0.1, 0.15) is 12.0 Å². The van der Waals surface area contributed by atoms with Gasteiger partial charge in [-0.05, 0) is 48.4 Å². The second-order valence-electron chi connectivity index (χ2n) is 6.54. The predicted molar refractivity (Wildman–Crippen MR) is 110 cm³/mol. The average Bonchev–Trinajstić information content (AvgIpc) is 2.67. The SMILES string of the molecule is CN(C)c1ccc(C=Nc2ccc(S(=O)(=O)NN3CC=CCC3)cc2)cc1. The molecule has 0 aliphatic carbocycles. The molecule has 0 atom stereocenters. The lowest BCUT2D eigenvalue weighted by atomic mass is 10.2. The lowest BCUT2D eigenvalue weighted by Gasteiger charge is -2.23. The van der Waals surface area contributed by atoms with Crippen molar-refractivity contribution in [2.24, 2.45) is 4.99 Å². The molecule has 0 saturated heterocycles. The average molecular weight is 385 g/mol. The van der Waals surface area contributed by atoms with E-state index in [-0.39, 0.29) is 4.90 Å². The quantitative estimate of drug-likeness (QED) is 0.614. The summed E-state index contributed by atoms with van der Waals surface area (Å²) in [7, 11) is 0.420. The highest BCUT2D eigenvalue weighted by molar-refractivity contribution is 7.89. The molecule has 0 saturated carbocycles. The van der Waals surface area contributed by atoms with Crippen LogP contribution in [0.15, 0.2) is 70.6 Å². The zero-order chi connectivity index (χ0) is 19.3. The molecular weight excluding hydrogens is 360 g/mol. The lowest BCUT2D eigenvalue weighted by molar-refractivity contribution is 0.263. The van der Waals surface area contributed by atoms with Gasteiger partial charge in [-0.1, -0.05) is 24.3 Å². The van der Waals surface area contributed by atoms with Crippen LogP contribution in [0.3, 0.4) is 0 Å². The Balaban J connectivity index is 1.66. The van der Waals surface area contributed by atoms with Crippen LogP contribution in [0, 0.1) is 0 Å². The Bertz CT molecular complexity index is 917. The van der Waals surface area contributed by atoms with Gasteiger partial charge in [0.25, 0.3) is 10.0 Å². The molecule has 1 N–H and O–H groups in total. The molecule has 7 heteroatoms. The number of nitrogens with zero attached hydrogens (tertiary/aromatic N) is 3. The number of hydrogen-bond donors (Lipinski definition) is 1. The summed E-state index contributed by atoms with van der Waals surface area (Å²) < 4.78 is 24.9. The summed E-state index contributed by atoms with van der Waals surface area (Å²) in [4.78, 5) is 9.30. The van der Waals surface area contributed by atoms with Crippen LogP contribution in [-0.2, 0) is 10.0 Å². The molecule has 0 fully saturated rings. The van der Waals surface area contributed by atoms with E-state index >= 15 is 0 Å². The fourth-order valence-electron chi connectivity index (χ4n) is 2.67. The maximum absolute atomic E-state index is 12.5. The van der Waals surface area contributed by atoms with E-state index < -0.39 is 10.0 Å². The van der Waals surface area contributed by atoms with Gasteiger partial charge in [0.15, 0.2) is 0 Å².